The summed E-state index contributed by atoms with van der Waals surface area (Å²) >= 11 is 0. The largest absolute Gasteiger partial charge is 0.422 e. The van der Waals surface area contributed by atoms with Crippen LogP contribution in [0.2, 0.25) is 0 Å². The number of piperidine rings is 1. The van der Waals surface area contributed by atoms with Crippen molar-refractivity contribution in [3.63, 3.8) is 0 Å². The first-order chi connectivity index (χ1) is 14.1. The standard InChI is InChI=1S/C23H20N2O4/c26-21-12-17-13-25(9-8-19(17)24-21)22(27)16-6-3-5-14(10-16)18-11-15-4-1-2-7-20(15)29-23(18)28/h1-7,10-11,17,19H,8-9,12-13H2,(H,24,26)/t17-,19+/m1/s1. The van der Waals surface area contributed by atoms with E-state index in [0.717, 1.165) is 11.8 Å². The number of carbonyl (C=O) groups excluding carboxylic acids is 2. The molecule has 2 aliphatic rings. The van der Waals surface area contributed by atoms with E-state index >= 15 is 0 Å². The SMILES string of the molecule is O=C1C[C@@H]2CN(C(=O)c3cccc(-c4cc5ccccc5oc4=O)c3)CC[C@@H]2N1. The van der Waals surface area contributed by atoms with Crippen LogP contribution in [0.25, 0.3) is 22.1 Å². The molecule has 6 heteroatoms. The molecule has 2 fully saturated rings. The first-order valence-electron chi connectivity index (χ1n) is 9.80. The fourth-order valence-electron chi connectivity index (χ4n) is 4.38. The second-order valence-electron chi connectivity index (χ2n) is 7.74. The predicted molar refractivity (Wildman–Crippen MR) is 108 cm³/mol. The quantitative estimate of drug-likeness (QED) is 0.685. The molecule has 0 aliphatic carbocycles. The molecule has 0 radical (unpaired) electrons. The Bertz CT molecular complexity index is 1180. The summed E-state index contributed by atoms with van der Waals surface area (Å²) in [5.41, 5.74) is 1.73. The van der Waals surface area contributed by atoms with Crippen molar-refractivity contribution in [2.45, 2.75) is 18.9 Å². The van der Waals surface area contributed by atoms with Crippen LogP contribution in [0.3, 0.4) is 0 Å². The number of rotatable bonds is 2. The average Bonchev–Trinajstić information content (AvgIpc) is 3.12. The van der Waals surface area contributed by atoms with Gasteiger partial charge in [0.15, 0.2) is 0 Å². The van der Waals surface area contributed by atoms with Crippen LogP contribution in [0.5, 0.6) is 0 Å². The molecule has 2 atom stereocenters. The Morgan fingerprint density at radius 1 is 1.07 bits per heavy atom. The van der Waals surface area contributed by atoms with E-state index in [2.05, 4.69) is 5.32 Å². The van der Waals surface area contributed by atoms with Crippen molar-refractivity contribution in [2.24, 2.45) is 5.92 Å². The second kappa shape index (κ2) is 6.88. The monoisotopic (exact) mass is 388 g/mol. The topological polar surface area (TPSA) is 79.6 Å². The summed E-state index contributed by atoms with van der Waals surface area (Å²) in [7, 11) is 0. The van der Waals surface area contributed by atoms with Crippen molar-refractivity contribution in [3.8, 4) is 11.1 Å². The van der Waals surface area contributed by atoms with E-state index < -0.39 is 5.63 Å². The molecule has 2 aromatic carbocycles. The summed E-state index contributed by atoms with van der Waals surface area (Å²) in [6.45, 7) is 1.19. The zero-order valence-electron chi connectivity index (χ0n) is 15.8. The van der Waals surface area contributed by atoms with Gasteiger partial charge in [0.1, 0.15) is 5.58 Å². The van der Waals surface area contributed by atoms with Crippen LogP contribution in [0.1, 0.15) is 23.2 Å². The highest BCUT2D eigenvalue weighted by Crippen LogP contribution is 2.27. The van der Waals surface area contributed by atoms with Crippen LogP contribution in [-0.4, -0.2) is 35.8 Å². The molecule has 6 nitrogen and oxygen atoms in total. The van der Waals surface area contributed by atoms with E-state index in [1.54, 1.807) is 30.3 Å². The molecule has 5 rings (SSSR count). The summed E-state index contributed by atoms with van der Waals surface area (Å²) in [4.78, 5) is 39.0. The van der Waals surface area contributed by atoms with Gasteiger partial charge in [-0.25, -0.2) is 4.79 Å². The molecule has 2 aliphatic heterocycles. The molecule has 1 aromatic heterocycles. The molecule has 3 aromatic rings. The van der Waals surface area contributed by atoms with Gasteiger partial charge in [0.25, 0.3) is 5.91 Å². The Kier molecular flexibility index (Phi) is 4.19. The van der Waals surface area contributed by atoms with Gasteiger partial charge in [0, 0.05) is 42.4 Å². The molecule has 0 saturated carbocycles. The fraction of sp³-hybridized carbons (Fsp3) is 0.261. The van der Waals surface area contributed by atoms with E-state index in [0.29, 0.717) is 41.8 Å². The van der Waals surface area contributed by atoms with Crippen molar-refractivity contribution in [1.29, 1.82) is 0 Å². The lowest BCUT2D eigenvalue weighted by molar-refractivity contribution is -0.119. The summed E-state index contributed by atoms with van der Waals surface area (Å²) in [6.07, 6.45) is 1.25. The van der Waals surface area contributed by atoms with Gasteiger partial charge in [-0.05, 0) is 36.2 Å². The minimum Gasteiger partial charge on any atom is -0.422 e. The molecule has 0 bridgehead atoms. The number of amides is 2. The van der Waals surface area contributed by atoms with Gasteiger partial charge in [-0.15, -0.1) is 0 Å². The van der Waals surface area contributed by atoms with Gasteiger partial charge in [-0.2, -0.15) is 0 Å². The summed E-state index contributed by atoms with van der Waals surface area (Å²) in [6, 6.07) is 16.4. The van der Waals surface area contributed by atoms with Crippen LogP contribution in [0, 0.1) is 5.92 Å². The minimum absolute atomic E-state index is 0.0688. The van der Waals surface area contributed by atoms with Crippen molar-refractivity contribution in [3.05, 3.63) is 70.6 Å². The molecule has 2 amide bonds. The normalized spacial score (nSPS) is 21.1. The maximum Gasteiger partial charge on any atom is 0.344 e. The van der Waals surface area contributed by atoms with Crippen LogP contribution in [-0.2, 0) is 4.79 Å². The maximum absolute atomic E-state index is 13.1. The second-order valence-corrected chi connectivity index (χ2v) is 7.74. The van der Waals surface area contributed by atoms with Crippen LogP contribution in [0.4, 0.5) is 0 Å². The van der Waals surface area contributed by atoms with Gasteiger partial charge >= 0.3 is 5.63 Å². The average molecular weight is 388 g/mol. The highest BCUT2D eigenvalue weighted by molar-refractivity contribution is 5.96. The Balaban J connectivity index is 1.44. The van der Waals surface area contributed by atoms with Gasteiger partial charge < -0.3 is 14.6 Å². The van der Waals surface area contributed by atoms with Crippen LogP contribution >= 0.6 is 0 Å². The third kappa shape index (κ3) is 3.20. The third-order valence-electron chi connectivity index (χ3n) is 5.88. The molecular weight excluding hydrogens is 368 g/mol. The summed E-state index contributed by atoms with van der Waals surface area (Å²) in [5.74, 6) is 0.171. The Morgan fingerprint density at radius 2 is 1.93 bits per heavy atom. The molecule has 146 valence electrons. The number of hydrogen-bond donors (Lipinski definition) is 1. The third-order valence-corrected chi connectivity index (χ3v) is 5.88. The van der Waals surface area contributed by atoms with E-state index in [-0.39, 0.29) is 23.8 Å². The van der Waals surface area contributed by atoms with Gasteiger partial charge in [0.05, 0.1) is 5.56 Å². The number of nitrogens with one attached hydrogen (secondary N) is 1. The number of fused-ring (bicyclic) bond motifs is 2. The highest BCUT2D eigenvalue weighted by Gasteiger charge is 2.38. The number of para-hydroxylation sites is 1. The van der Waals surface area contributed by atoms with Gasteiger partial charge in [0.2, 0.25) is 5.91 Å². The van der Waals surface area contributed by atoms with E-state index in [1.165, 1.54) is 0 Å². The summed E-state index contributed by atoms with van der Waals surface area (Å²) < 4.78 is 5.43. The first kappa shape index (κ1) is 17.7. The highest BCUT2D eigenvalue weighted by atomic mass is 16.4. The van der Waals surface area contributed by atoms with E-state index in [9.17, 15) is 14.4 Å². The number of carbonyl (C=O) groups is 2. The van der Waals surface area contributed by atoms with Crippen LogP contribution in [0.15, 0.2) is 63.8 Å². The number of likely N-dealkylation sites (tertiary alicyclic amines) is 1. The molecular formula is C23H20N2O4. The Labute approximate surface area is 167 Å². The van der Waals surface area contributed by atoms with E-state index in [4.69, 9.17) is 4.42 Å². The maximum atomic E-state index is 13.1. The number of benzene rings is 2. The lowest BCUT2D eigenvalue weighted by Crippen LogP contribution is -2.47. The van der Waals surface area contributed by atoms with E-state index in [1.807, 2.05) is 29.2 Å². The van der Waals surface area contributed by atoms with Crippen molar-refractivity contribution in [1.82, 2.24) is 10.2 Å². The Morgan fingerprint density at radius 3 is 2.83 bits per heavy atom. The lowest BCUT2D eigenvalue weighted by atomic mass is 9.92. The Hall–Kier alpha value is -3.41. The lowest BCUT2D eigenvalue weighted by Gasteiger charge is -2.34. The van der Waals surface area contributed by atoms with Crippen LogP contribution < -0.4 is 10.9 Å². The predicted octanol–water partition coefficient (Wildman–Crippen LogP) is 2.81. The molecule has 0 unspecified atom stereocenters. The number of hydrogen-bond acceptors (Lipinski definition) is 4. The fourth-order valence-corrected chi connectivity index (χ4v) is 4.38. The molecule has 3 heterocycles. The van der Waals surface area contributed by atoms with Gasteiger partial charge in [-0.1, -0.05) is 30.3 Å². The number of nitrogens with zero attached hydrogens (tertiary/aromatic N) is 1. The van der Waals surface area contributed by atoms with Crippen molar-refractivity contribution < 1.29 is 14.0 Å². The zero-order valence-corrected chi connectivity index (χ0v) is 15.8. The first-order valence-corrected chi connectivity index (χ1v) is 9.80. The zero-order chi connectivity index (χ0) is 20.0. The van der Waals surface area contributed by atoms with Crippen molar-refractivity contribution in [2.75, 3.05) is 13.1 Å². The van der Waals surface area contributed by atoms with Gasteiger partial charge in [-0.3, -0.25) is 9.59 Å². The molecule has 0 spiro atoms. The minimum atomic E-state index is -0.426. The summed E-state index contributed by atoms with van der Waals surface area (Å²) in [5, 5.41) is 3.82. The molecule has 29 heavy (non-hydrogen) atoms. The molecule has 2 saturated heterocycles. The molecule has 1 N–H and O–H groups in total. The smallest absolute Gasteiger partial charge is 0.344 e. The van der Waals surface area contributed by atoms with Crippen molar-refractivity contribution >= 4 is 22.8 Å².